The Morgan fingerprint density at radius 2 is 1.81 bits per heavy atom. The average molecular weight is 427 g/mol. The predicted octanol–water partition coefficient (Wildman–Crippen LogP) is 4.29. The van der Waals surface area contributed by atoms with Crippen molar-refractivity contribution in [3.05, 3.63) is 94.5 Å². The molecule has 4 aromatic rings. The van der Waals surface area contributed by atoms with Gasteiger partial charge in [-0.15, -0.1) is 0 Å². The maximum atomic E-state index is 12.6. The topological polar surface area (TPSA) is 70.2 Å². The van der Waals surface area contributed by atoms with Gasteiger partial charge in [0.25, 0.3) is 5.56 Å². The Hall–Kier alpha value is -3.64. The number of H-pyrrole nitrogens is 1. The van der Waals surface area contributed by atoms with Crippen LogP contribution in [-0.2, 0) is 17.6 Å². The number of aromatic nitrogens is 2. The van der Waals surface area contributed by atoms with Crippen LogP contribution < -0.4 is 15.8 Å². The van der Waals surface area contributed by atoms with Crippen molar-refractivity contribution in [3.63, 3.8) is 0 Å². The van der Waals surface area contributed by atoms with E-state index < -0.39 is 0 Å². The number of rotatable bonds is 6. The van der Waals surface area contributed by atoms with Gasteiger partial charge in [0.2, 0.25) is 0 Å². The van der Waals surface area contributed by atoms with E-state index in [0.717, 1.165) is 61.6 Å². The Bertz CT molecular complexity index is 1260. The summed E-state index contributed by atoms with van der Waals surface area (Å²) >= 11 is 0. The molecular formula is C26H26N4O2. The van der Waals surface area contributed by atoms with Crippen molar-refractivity contribution in [3.8, 4) is 0 Å². The molecule has 1 aliphatic rings. The van der Waals surface area contributed by atoms with Crippen LogP contribution in [-0.4, -0.2) is 36.3 Å². The van der Waals surface area contributed by atoms with Gasteiger partial charge in [-0.3, -0.25) is 4.79 Å². The number of benzene rings is 2. The number of morpholine rings is 1. The van der Waals surface area contributed by atoms with E-state index in [9.17, 15) is 4.79 Å². The molecule has 6 nitrogen and oxygen atoms in total. The highest BCUT2D eigenvalue weighted by Crippen LogP contribution is 2.26. The van der Waals surface area contributed by atoms with Gasteiger partial charge in [0.15, 0.2) is 0 Å². The molecule has 1 fully saturated rings. The molecular weight excluding hydrogens is 400 g/mol. The lowest BCUT2D eigenvalue weighted by Gasteiger charge is -2.29. The third kappa shape index (κ3) is 4.50. The normalized spacial score (nSPS) is 13.9. The van der Waals surface area contributed by atoms with Gasteiger partial charge in [0, 0.05) is 36.4 Å². The second kappa shape index (κ2) is 9.24. The Kier molecular flexibility index (Phi) is 5.85. The summed E-state index contributed by atoms with van der Waals surface area (Å²) in [6, 6.07) is 22.6. The van der Waals surface area contributed by atoms with Crippen molar-refractivity contribution >= 4 is 28.0 Å². The maximum absolute atomic E-state index is 12.6. The number of nitrogens with zero attached hydrogens (tertiary/aromatic N) is 2. The highest BCUT2D eigenvalue weighted by Gasteiger charge is 2.13. The van der Waals surface area contributed by atoms with Gasteiger partial charge < -0.3 is 19.9 Å². The molecule has 0 spiro atoms. The minimum Gasteiger partial charge on any atom is -0.378 e. The molecule has 2 aromatic heterocycles. The highest BCUT2D eigenvalue weighted by molar-refractivity contribution is 5.93. The van der Waals surface area contributed by atoms with Crippen LogP contribution in [0.25, 0.3) is 10.8 Å². The summed E-state index contributed by atoms with van der Waals surface area (Å²) in [7, 11) is 0. The van der Waals surface area contributed by atoms with Gasteiger partial charge >= 0.3 is 0 Å². The van der Waals surface area contributed by atoms with Gasteiger partial charge in [0.1, 0.15) is 5.82 Å². The minimum atomic E-state index is -0.142. The van der Waals surface area contributed by atoms with E-state index in [1.807, 2.05) is 30.3 Å². The smallest absolute Gasteiger partial charge is 0.259 e. The molecule has 6 heteroatoms. The van der Waals surface area contributed by atoms with Gasteiger partial charge in [-0.25, -0.2) is 4.98 Å². The lowest BCUT2D eigenvalue weighted by molar-refractivity contribution is 0.122. The van der Waals surface area contributed by atoms with E-state index in [1.54, 1.807) is 6.20 Å². The first-order chi connectivity index (χ1) is 15.8. The third-order valence-corrected chi connectivity index (χ3v) is 5.81. The summed E-state index contributed by atoms with van der Waals surface area (Å²) in [6.45, 7) is 3.23. The summed E-state index contributed by atoms with van der Waals surface area (Å²) in [6.07, 6.45) is 3.39. The van der Waals surface area contributed by atoms with E-state index in [2.05, 4.69) is 51.6 Å². The second-order valence-corrected chi connectivity index (χ2v) is 7.99. The molecule has 5 rings (SSSR count). The molecule has 0 unspecified atom stereocenters. The first-order valence-electron chi connectivity index (χ1n) is 11.0. The standard InChI is InChI=1S/C26H26N4O2/c31-26-24-20(11-12-27-26)17-22(10-9-19-5-2-1-3-6-19)29-25(24)28-21-7-4-8-23(18-21)30-13-15-32-16-14-30/h1-8,11-12,17-18H,9-10,13-16H2,(H,27,31)(H,28,29). The van der Waals surface area contributed by atoms with Gasteiger partial charge in [-0.1, -0.05) is 36.4 Å². The Labute approximate surface area is 186 Å². The number of fused-ring (bicyclic) bond motifs is 1. The predicted molar refractivity (Wildman–Crippen MR) is 129 cm³/mol. The molecule has 0 atom stereocenters. The molecule has 1 aliphatic heterocycles. The van der Waals surface area contributed by atoms with Crippen LogP contribution in [0.2, 0.25) is 0 Å². The van der Waals surface area contributed by atoms with E-state index >= 15 is 0 Å². The molecule has 0 bridgehead atoms. The largest absolute Gasteiger partial charge is 0.378 e. The van der Waals surface area contributed by atoms with E-state index in [4.69, 9.17) is 9.72 Å². The lowest BCUT2D eigenvalue weighted by atomic mass is 10.1. The molecule has 2 N–H and O–H groups in total. The quantitative estimate of drug-likeness (QED) is 0.481. The SMILES string of the molecule is O=c1[nH]ccc2cc(CCc3ccccc3)nc(Nc3cccc(N4CCOCC4)c3)c12. The van der Waals surface area contributed by atoms with E-state index in [-0.39, 0.29) is 5.56 Å². The zero-order valence-electron chi connectivity index (χ0n) is 17.9. The molecule has 0 saturated carbocycles. The first kappa shape index (κ1) is 20.3. The van der Waals surface area contributed by atoms with Crippen molar-refractivity contribution in [2.24, 2.45) is 0 Å². The Balaban J connectivity index is 1.46. The molecule has 1 saturated heterocycles. The fraction of sp³-hybridized carbons (Fsp3) is 0.231. The summed E-state index contributed by atoms with van der Waals surface area (Å²) in [4.78, 5) is 22.6. The Morgan fingerprint density at radius 3 is 2.66 bits per heavy atom. The van der Waals surface area contributed by atoms with Crippen LogP contribution in [0.5, 0.6) is 0 Å². The number of hydrogen-bond donors (Lipinski definition) is 2. The molecule has 2 aromatic carbocycles. The summed E-state index contributed by atoms with van der Waals surface area (Å²) in [5.74, 6) is 0.589. The summed E-state index contributed by atoms with van der Waals surface area (Å²) in [5, 5.41) is 4.88. The van der Waals surface area contributed by atoms with Crippen molar-refractivity contribution in [1.29, 1.82) is 0 Å². The summed E-state index contributed by atoms with van der Waals surface area (Å²) < 4.78 is 5.47. The van der Waals surface area contributed by atoms with E-state index in [1.165, 1.54) is 5.56 Å². The average Bonchev–Trinajstić information content (AvgIpc) is 2.84. The third-order valence-electron chi connectivity index (χ3n) is 5.81. The van der Waals surface area contributed by atoms with Gasteiger partial charge in [-0.05, 0) is 54.1 Å². The molecule has 0 aliphatic carbocycles. The number of aryl methyl sites for hydroxylation is 2. The number of nitrogens with one attached hydrogen (secondary N) is 2. The number of pyridine rings is 2. The Morgan fingerprint density at radius 1 is 0.969 bits per heavy atom. The lowest BCUT2D eigenvalue weighted by Crippen LogP contribution is -2.36. The maximum Gasteiger partial charge on any atom is 0.259 e. The van der Waals surface area contributed by atoms with Crippen molar-refractivity contribution in [2.45, 2.75) is 12.8 Å². The molecule has 162 valence electrons. The molecule has 0 amide bonds. The second-order valence-electron chi connectivity index (χ2n) is 7.99. The van der Waals surface area contributed by atoms with E-state index in [0.29, 0.717) is 11.2 Å². The number of anilines is 3. The van der Waals surface area contributed by atoms with Crippen LogP contribution in [0.3, 0.4) is 0 Å². The van der Waals surface area contributed by atoms with Crippen LogP contribution in [0.1, 0.15) is 11.3 Å². The van der Waals surface area contributed by atoms with Gasteiger partial charge in [0.05, 0.1) is 18.6 Å². The fourth-order valence-electron chi connectivity index (χ4n) is 4.14. The molecule has 32 heavy (non-hydrogen) atoms. The number of hydrogen-bond acceptors (Lipinski definition) is 5. The van der Waals surface area contributed by atoms with Crippen molar-refractivity contribution in [1.82, 2.24) is 9.97 Å². The van der Waals surface area contributed by atoms with Crippen molar-refractivity contribution < 1.29 is 4.74 Å². The highest BCUT2D eigenvalue weighted by atomic mass is 16.5. The van der Waals surface area contributed by atoms with Crippen LogP contribution >= 0.6 is 0 Å². The first-order valence-corrected chi connectivity index (χ1v) is 11.0. The monoisotopic (exact) mass is 426 g/mol. The number of aromatic amines is 1. The minimum absolute atomic E-state index is 0.142. The molecule has 0 radical (unpaired) electrons. The zero-order chi connectivity index (χ0) is 21.8. The van der Waals surface area contributed by atoms with Crippen LogP contribution in [0.4, 0.5) is 17.2 Å². The number of ether oxygens (including phenoxy) is 1. The van der Waals surface area contributed by atoms with Crippen molar-refractivity contribution in [2.75, 3.05) is 36.5 Å². The van der Waals surface area contributed by atoms with Crippen LogP contribution in [0.15, 0.2) is 77.7 Å². The van der Waals surface area contributed by atoms with Crippen LogP contribution in [0, 0.1) is 0 Å². The zero-order valence-corrected chi connectivity index (χ0v) is 17.9. The van der Waals surface area contributed by atoms with Gasteiger partial charge in [-0.2, -0.15) is 0 Å². The summed E-state index contributed by atoms with van der Waals surface area (Å²) in [5.41, 5.74) is 4.13. The molecule has 3 heterocycles. The fourth-order valence-corrected chi connectivity index (χ4v) is 4.14.